The molecule has 0 radical (unpaired) electrons. The highest BCUT2D eigenvalue weighted by molar-refractivity contribution is 5.82. The molecule has 116 valence electrons. The summed E-state index contributed by atoms with van der Waals surface area (Å²) in [5, 5.41) is 2.95. The van der Waals surface area contributed by atoms with Gasteiger partial charge in [-0.05, 0) is 19.4 Å². The normalized spacial score (nSPS) is 21.2. The number of rotatable bonds is 5. The minimum absolute atomic E-state index is 0.0185. The van der Waals surface area contributed by atoms with Crippen LogP contribution in [-0.2, 0) is 9.53 Å². The lowest BCUT2D eigenvalue weighted by Gasteiger charge is -2.36. The highest BCUT2D eigenvalue weighted by Gasteiger charge is 2.30. The van der Waals surface area contributed by atoms with Crippen LogP contribution in [0.15, 0.2) is 30.3 Å². The summed E-state index contributed by atoms with van der Waals surface area (Å²) in [5.41, 5.74) is 7.37. The van der Waals surface area contributed by atoms with Crippen LogP contribution >= 0.6 is 0 Å². The highest BCUT2D eigenvalue weighted by atomic mass is 16.5. The van der Waals surface area contributed by atoms with Crippen molar-refractivity contribution >= 4 is 5.91 Å². The van der Waals surface area contributed by atoms with E-state index in [0.717, 1.165) is 12.1 Å². The van der Waals surface area contributed by atoms with E-state index in [1.807, 2.05) is 44.2 Å². The maximum atomic E-state index is 12.3. The number of carbonyl (C=O) groups excluding carboxylic acids is 1. The quantitative estimate of drug-likeness (QED) is 0.846. The van der Waals surface area contributed by atoms with Gasteiger partial charge in [0.1, 0.15) is 6.04 Å². The van der Waals surface area contributed by atoms with Gasteiger partial charge in [0, 0.05) is 25.2 Å². The summed E-state index contributed by atoms with van der Waals surface area (Å²) in [7, 11) is 0. The molecule has 0 bridgehead atoms. The standard InChI is InChI=1S/C16H25N3O2/c1-12(2)18-16(20)15-11-21-9-8-19(15)10-14(17)13-6-4-3-5-7-13/h3-7,12,14-15H,8-11,17H2,1-2H3,(H,18,20). The molecule has 1 amide bonds. The van der Waals surface area contributed by atoms with Gasteiger partial charge in [-0.3, -0.25) is 9.69 Å². The third kappa shape index (κ3) is 4.52. The molecule has 1 heterocycles. The summed E-state index contributed by atoms with van der Waals surface area (Å²) in [6.07, 6.45) is 0. The van der Waals surface area contributed by atoms with Gasteiger partial charge in [0.25, 0.3) is 0 Å². The van der Waals surface area contributed by atoms with Crippen molar-refractivity contribution in [3.8, 4) is 0 Å². The van der Waals surface area contributed by atoms with E-state index >= 15 is 0 Å². The molecular weight excluding hydrogens is 266 g/mol. The van der Waals surface area contributed by atoms with E-state index in [9.17, 15) is 4.79 Å². The zero-order valence-electron chi connectivity index (χ0n) is 12.8. The molecule has 1 aromatic rings. The van der Waals surface area contributed by atoms with Crippen LogP contribution in [0.1, 0.15) is 25.5 Å². The van der Waals surface area contributed by atoms with E-state index in [4.69, 9.17) is 10.5 Å². The zero-order valence-corrected chi connectivity index (χ0v) is 12.8. The predicted molar refractivity (Wildman–Crippen MR) is 82.8 cm³/mol. The molecule has 1 fully saturated rings. The van der Waals surface area contributed by atoms with Gasteiger partial charge in [-0.15, -0.1) is 0 Å². The monoisotopic (exact) mass is 291 g/mol. The summed E-state index contributed by atoms with van der Waals surface area (Å²) in [6.45, 7) is 6.39. The van der Waals surface area contributed by atoms with Crippen LogP contribution in [0.4, 0.5) is 0 Å². The Morgan fingerprint density at radius 3 is 2.81 bits per heavy atom. The number of nitrogens with two attached hydrogens (primary N) is 1. The third-order valence-corrected chi connectivity index (χ3v) is 3.63. The summed E-state index contributed by atoms with van der Waals surface area (Å²) in [4.78, 5) is 14.4. The molecule has 21 heavy (non-hydrogen) atoms. The Kier molecular flexibility index (Phi) is 5.73. The van der Waals surface area contributed by atoms with Crippen molar-refractivity contribution < 1.29 is 9.53 Å². The van der Waals surface area contributed by atoms with Crippen LogP contribution in [0.2, 0.25) is 0 Å². The summed E-state index contributed by atoms with van der Waals surface area (Å²) in [6, 6.07) is 9.76. The molecule has 0 aliphatic carbocycles. The predicted octanol–water partition coefficient (Wildman–Crippen LogP) is 0.912. The molecule has 1 aliphatic heterocycles. The molecule has 2 atom stereocenters. The second-order valence-electron chi connectivity index (χ2n) is 5.77. The lowest BCUT2D eigenvalue weighted by molar-refractivity contribution is -0.133. The van der Waals surface area contributed by atoms with Gasteiger partial charge in [0.15, 0.2) is 0 Å². The molecule has 2 rings (SSSR count). The first-order valence-electron chi connectivity index (χ1n) is 7.50. The lowest BCUT2D eigenvalue weighted by atomic mass is 10.1. The molecule has 5 nitrogen and oxygen atoms in total. The van der Waals surface area contributed by atoms with Crippen molar-refractivity contribution in [1.29, 1.82) is 0 Å². The number of nitrogens with zero attached hydrogens (tertiary/aromatic N) is 1. The van der Waals surface area contributed by atoms with E-state index in [0.29, 0.717) is 19.8 Å². The maximum Gasteiger partial charge on any atom is 0.239 e. The number of ether oxygens (including phenoxy) is 1. The Morgan fingerprint density at radius 2 is 2.14 bits per heavy atom. The fourth-order valence-electron chi connectivity index (χ4n) is 2.54. The second-order valence-corrected chi connectivity index (χ2v) is 5.77. The Morgan fingerprint density at radius 1 is 1.43 bits per heavy atom. The summed E-state index contributed by atoms with van der Waals surface area (Å²) in [5.74, 6) is 0.0185. The number of hydrogen-bond acceptors (Lipinski definition) is 4. The SMILES string of the molecule is CC(C)NC(=O)C1COCCN1CC(N)c1ccccc1. The first-order chi connectivity index (χ1) is 10.1. The van der Waals surface area contributed by atoms with Crippen LogP contribution in [0.5, 0.6) is 0 Å². The van der Waals surface area contributed by atoms with Crippen molar-refractivity contribution in [3.63, 3.8) is 0 Å². The molecule has 1 aromatic carbocycles. The number of amides is 1. The zero-order chi connectivity index (χ0) is 15.2. The molecule has 1 aliphatic rings. The lowest BCUT2D eigenvalue weighted by Crippen LogP contribution is -2.56. The molecular formula is C16H25N3O2. The first-order valence-corrected chi connectivity index (χ1v) is 7.50. The molecule has 5 heteroatoms. The van der Waals surface area contributed by atoms with Gasteiger partial charge in [-0.2, -0.15) is 0 Å². The van der Waals surface area contributed by atoms with Gasteiger partial charge in [-0.25, -0.2) is 0 Å². The fourth-order valence-corrected chi connectivity index (χ4v) is 2.54. The molecule has 1 saturated heterocycles. The Bertz CT molecular complexity index is 450. The third-order valence-electron chi connectivity index (χ3n) is 3.63. The van der Waals surface area contributed by atoms with Crippen molar-refractivity contribution in [2.75, 3.05) is 26.3 Å². The van der Waals surface area contributed by atoms with E-state index < -0.39 is 0 Å². The Hall–Kier alpha value is -1.43. The molecule has 2 unspecified atom stereocenters. The molecule has 0 saturated carbocycles. The largest absolute Gasteiger partial charge is 0.378 e. The van der Waals surface area contributed by atoms with Gasteiger partial charge >= 0.3 is 0 Å². The number of carbonyl (C=O) groups is 1. The van der Waals surface area contributed by atoms with E-state index in [1.165, 1.54) is 0 Å². The number of morpholine rings is 1. The smallest absolute Gasteiger partial charge is 0.239 e. The van der Waals surface area contributed by atoms with Gasteiger partial charge in [0.2, 0.25) is 5.91 Å². The minimum atomic E-state index is -0.254. The fraction of sp³-hybridized carbons (Fsp3) is 0.562. The Labute approximate surface area is 126 Å². The second kappa shape index (κ2) is 7.54. The number of nitrogens with one attached hydrogen (secondary N) is 1. The van der Waals surface area contributed by atoms with Crippen molar-refractivity contribution in [2.45, 2.75) is 32.0 Å². The first kappa shape index (κ1) is 15.9. The molecule has 0 aromatic heterocycles. The topological polar surface area (TPSA) is 67.6 Å². The highest BCUT2D eigenvalue weighted by Crippen LogP contribution is 2.15. The van der Waals surface area contributed by atoms with Crippen LogP contribution in [-0.4, -0.2) is 49.2 Å². The maximum absolute atomic E-state index is 12.3. The molecule has 3 N–H and O–H groups in total. The van der Waals surface area contributed by atoms with Crippen LogP contribution in [0, 0.1) is 0 Å². The van der Waals surface area contributed by atoms with E-state index in [1.54, 1.807) is 0 Å². The summed E-state index contributed by atoms with van der Waals surface area (Å²) >= 11 is 0. The van der Waals surface area contributed by atoms with Crippen molar-refractivity contribution in [2.24, 2.45) is 5.73 Å². The van der Waals surface area contributed by atoms with Crippen LogP contribution < -0.4 is 11.1 Å². The van der Waals surface area contributed by atoms with Crippen LogP contribution in [0.25, 0.3) is 0 Å². The average molecular weight is 291 g/mol. The van der Waals surface area contributed by atoms with Gasteiger partial charge in [0.05, 0.1) is 13.2 Å². The number of benzene rings is 1. The average Bonchev–Trinajstić information content (AvgIpc) is 2.48. The minimum Gasteiger partial charge on any atom is -0.378 e. The van der Waals surface area contributed by atoms with E-state index in [-0.39, 0.29) is 24.0 Å². The molecule has 0 spiro atoms. The Balaban J connectivity index is 2.00. The van der Waals surface area contributed by atoms with Crippen LogP contribution in [0.3, 0.4) is 0 Å². The number of hydrogen-bond donors (Lipinski definition) is 2. The van der Waals surface area contributed by atoms with Gasteiger partial charge in [-0.1, -0.05) is 30.3 Å². The van der Waals surface area contributed by atoms with Gasteiger partial charge < -0.3 is 15.8 Å². The van der Waals surface area contributed by atoms with Crippen molar-refractivity contribution in [1.82, 2.24) is 10.2 Å². The summed E-state index contributed by atoms with van der Waals surface area (Å²) < 4.78 is 5.46. The van der Waals surface area contributed by atoms with Crippen molar-refractivity contribution in [3.05, 3.63) is 35.9 Å². The van der Waals surface area contributed by atoms with E-state index in [2.05, 4.69) is 10.2 Å².